The Hall–Kier alpha value is -1.39. The molecule has 2 aromatic heterocycles. The van der Waals surface area contributed by atoms with Crippen LogP contribution in [0.1, 0.15) is 30.6 Å². The minimum atomic E-state index is -0.179. The minimum Gasteiger partial charge on any atom is -0.300 e. The molecule has 1 unspecified atom stereocenters. The summed E-state index contributed by atoms with van der Waals surface area (Å²) in [4.78, 5) is 29.2. The summed E-state index contributed by atoms with van der Waals surface area (Å²) in [5.74, 6) is 1.42. The minimum absolute atomic E-state index is 0.0575. The summed E-state index contributed by atoms with van der Waals surface area (Å²) in [6.45, 7) is 5.64. The first kappa shape index (κ1) is 17.4. The van der Waals surface area contributed by atoms with Crippen LogP contribution in [0.25, 0.3) is 0 Å². The molecule has 0 saturated carbocycles. The summed E-state index contributed by atoms with van der Waals surface area (Å²) in [5.41, 5.74) is 1.33. The van der Waals surface area contributed by atoms with E-state index in [0.717, 1.165) is 15.8 Å². The molecular formula is C14H17N5O2S3. The largest absolute Gasteiger partial charge is 0.300 e. The van der Waals surface area contributed by atoms with Crippen molar-refractivity contribution in [3.05, 3.63) is 21.6 Å². The van der Waals surface area contributed by atoms with Gasteiger partial charge in [0.15, 0.2) is 9.50 Å². The van der Waals surface area contributed by atoms with Gasteiger partial charge in [-0.05, 0) is 19.6 Å². The standard InChI is InChI=1S/C14H17N5O2S3/c1-4-22-14-18-17-12(24-14)16-10(20)5-9-6-23-13-15-8(3)7(2)11(21)19(9)13/h9H,4-6H2,1-3H3,(H,16,17,20). The molecule has 128 valence electrons. The van der Waals surface area contributed by atoms with Crippen molar-refractivity contribution in [3.8, 4) is 0 Å². The number of carbonyl (C=O) groups excluding carboxylic acids is 1. The molecule has 0 aromatic carbocycles. The van der Waals surface area contributed by atoms with Crippen LogP contribution >= 0.6 is 34.9 Å². The summed E-state index contributed by atoms with van der Waals surface area (Å²) in [6.07, 6.45) is 0.222. The van der Waals surface area contributed by atoms with E-state index in [-0.39, 0.29) is 23.9 Å². The van der Waals surface area contributed by atoms with Gasteiger partial charge in [-0.3, -0.25) is 14.2 Å². The highest BCUT2D eigenvalue weighted by atomic mass is 32.2. The van der Waals surface area contributed by atoms with Crippen molar-refractivity contribution in [1.29, 1.82) is 0 Å². The molecule has 1 N–H and O–H groups in total. The summed E-state index contributed by atoms with van der Waals surface area (Å²) < 4.78 is 2.48. The molecule has 0 spiro atoms. The Labute approximate surface area is 151 Å². The van der Waals surface area contributed by atoms with Gasteiger partial charge in [-0.25, -0.2) is 4.98 Å². The lowest BCUT2D eigenvalue weighted by Gasteiger charge is -2.13. The lowest BCUT2D eigenvalue weighted by atomic mass is 10.2. The SMILES string of the molecule is CCSc1nnc(NC(=O)CC2CSc3nc(C)c(C)c(=O)n32)s1. The van der Waals surface area contributed by atoms with Gasteiger partial charge in [-0.15, -0.1) is 10.2 Å². The summed E-state index contributed by atoms with van der Waals surface area (Å²) in [7, 11) is 0. The van der Waals surface area contributed by atoms with E-state index in [0.29, 0.717) is 21.6 Å². The van der Waals surface area contributed by atoms with Gasteiger partial charge in [0, 0.05) is 23.4 Å². The van der Waals surface area contributed by atoms with Crippen molar-refractivity contribution in [2.75, 3.05) is 16.8 Å². The van der Waals surface area contributed by atoms with Crippen LogP contribution in [0.3, 0.4) is 0 Å². The number of aryl methyl sites for hydroxylation is 1. The molecule has 0 aliphatic carbocycles. The van der Waals surface area contributed by atoms with Crippen molar-refractivity contribution >= 4 is 45.9 Å². The van der Waals surface area contributed by atoms with Gasteiger partial charge in [0.05, 0.1) is 6.04 Å². The maximum Gasteiger partial charge on any atom is 0.257 e. The molecule has 7 nitrogen and oxygen atoms in total. The second-order valence-electron chi connectivity index (χ2n) is 5.30. The van der Waals surface area contributed by atoms with Gasteiger partial charge in [-0.1, -0.05) is 41.8 Å². The number of hydrogen-bond donors (Lipinski definition) is 1. The van der Waals surface area contributed by atoms with Crippen LogP contribution in [0.15, 0.2) is 14.3 Å². The number of nitrogens with zero attached hydrogens (tertiary/aromatic N) is 4. The number of rotatable bonds is 5. The average molecular weight is 384 g/mol. The fourth-order valence-electron chi connectivity index (χ4n) is 2.35. The van der Waals surface area contributed by atoms with E-state index in [1.807, 2.05) is 13.8 Å². The fraction of sp³-hybridized carbons (Fsp3) is 0.500. The number of fused-ring (bicyclic) bond motifs is 1. The highest BCUT2D eigenvalue weighted by Gasteiger charge is 2.28. The number of thioether (sulfide) groups is 2. The first-order valence-electron chi connectivity index (χ1n) is 7.48. The third-order valence-corrected chi connectivity index (χ3v) is 6.62. The zero-order chi connectivity index (χ0) is 17.3. The van der Waals surface area contributed by atoms with E-state index in [9.17, 15) is 9.59 Å². The molecular weight excluding hydrogens is 366 g/mol. The Morgan fingerprint density at radius 1 is 1.42 bits per heavy atom. The Kier molecular flexibility index (Phi) is 5.26. The van der Waals surface area contributed by atoms with E-state index in [2.05, 4.69) is 20.5 Å². The van der Waals surface area contributed by atoms with Gasteiger partial charge < -0.3 is 5.32 Å². The molecule has 0 bridgehead atoms. The molecule has 24 heavy (non-hydrogen) atoms. The van der Waals surface area contributed by atoms with Crippen LogP contribution in [0.5, 0.6) is 0 Å². The van der Waals surface area contributed by atoms with Crippen LogP contribution in [0.2, 0.25) is 0 Å². The number of aromatic nitrogens is 4. The van der Waals surface area contributed by atoms with Crippen molar-refractivity contribution in [2.45, 2.75) is 42.7 Å². The van der Waals surface area contributed by atoms with Crippen molar-refractivity contribution in [2.24, 2.45) is 0 Å². The van der Waals surface area contributed by atoms with Crippen molar-refractivity contribution in [1.82, 2.24) is 19.7 Å². The fourth-order valence-corrected chi connectivity index (χ4v) is 5.20. The van der Waals surface area contributed by atoms with E-state index < -0.39 is 0 Å². The van der Waals surface area contributed by atoms with Gasteiger partial charge in [-0.2, -0.15) is 0 Å². The first-order chi connectivity index (χ1) is 11.5. The maximum atomic E-state index is 12.5. The zero-order valence-electron chi connectivity index (χ0n) is 13.5. The Bertz CT molecular complexity index is 832. The van der Waals surface area contributed by atoms with Gasteiger partial charge in [0.25, 0.3) is 5.56 Å². The van der Waals surface area contributed by atoms with Gasteiger partial charge in [0.2, 0.25) is 11.0 Å². The van der Waals surface area contributed by atoms with E-state index in [4.69, 9.17) is 0 Å². The highest BCUT2D eigenvalue weighted by Crippen LogP contribution is 2.33. The van der Waals surface area contributed by atoms with Crippen molar-refractivity contribution < 1.29 is 4.79 Å². The highest BCUT2D eigenvalue weighted by molar-refractivity contribution is 8.01. The molecule has 1 aliphatic heterocycles. The van der Waals surface area contributed by atoms with Gasteiger partial charge >= 0.3 is 0 Å². The number of amides is 1. The van der Waals surface area contributed by atoms with E-state index in [1.165, 1.54) is 23.1 Å². The molecule has 3 heterocycles. The molecule has 1 aliphatic rings. The lowest BCUT2D eigenvalue weighted by molar-refractivity contribution is -0.116. The number of carbonyl (C=O) groups is 1. The first-order valence-corrected chi connectivity index (χ1v) is 10.3. The van der Waals surface area contributed by atoms with Crippen LogP contribution in [-0.4, -0.2) is 37.2 Å². The Balaban J connectivity index is 1.71. The normalized spacial score (nSPS) is 16.2. The van der Waals surface area contributed by atoms with Gasteiger partial charge in [0.1, 0.15) is 0 Å². The molecule has 0 saturated heterocycles. The van der Waals surface area contributed by atoms with E-state index in [1.54, 1.807) is 23.3 Å². The predicted molar refractivity (Wildman–Crippen MR) is 97.3 cm³/mol. The Morgan fingerprint density at radius 2 is 2.21 bits per heavy atom. The zero-order valence-corrected chi connectivity index (χ0v) is 16.0. The smallest absolute Gasteiger partial charge is 0.257 e. The molecule has 1 atom stereocenters. The quantitative estimate of drug-likeness (QED) is 0.482. The summed E-state index contributed by atoms with van der Waals surface area (Å²) in [6, 6.07) is -0.179. The molecule has 0 fully saturated rings. The van der Waals surface area contributed by atoms with Crippen LogP contribution in [-0.2, 0) is 4.79 Å². The second-order valence-corrected chi connectivity index (χ2v) is 8.78. The van der Waals surface area contributed by atoms with Crippen LogP contribution in [0.4, 0.5) is 5.13 Å². The molecule has 1 amide bonds. The third-order valence-electron chi connectivity index (χ3n) is 3.66. The second kappa shape index (κ2) is 7.24. The molecule has 0 radical (unpaired) electrons. The maximum absolute atomic E-state index is 12.5. The number of hydrogen-bond acceptors (Lipinski definition) is 8. The summed E-state index contributed by atoms with van der Waals surface area (Å²) >= 11 is 4.46. The molecule has 10 heteroatoms. The topological polar surface area (TPSA) is 89.8 Å². The average Bonchev–Trinajstić information content (AvgIpc) is 3.13. The van der Waals surface area contributed by atoms with E-state index >= 15 is 0 Å². The monoisotopic (exact) mass is 383 g/mol. The lowest BCUT2D eigenvalue weighted by Crippen LogP contribution is -2.29. The number of nitrogens with one attached hydrogen (secondary N) is 1. The third kappa shape index (κ3) is 3.50. The molecule has 3 rings (SSSR count). The predicted octanol–water partition coefficient (Wildman–Crippen LogP) is 2.50. The Morgan fingerprint density at radius 3 is 2.96 bits per heavy atom. The van der Waals surface area contributed by atoms with Crippen LogP contribution in [0, 0.1) is 13.8 Å². The summed E-state index contributed by atoms with van der Waals surface area (Å²) in [5, 5.41) is 11.9. The van der Waals surface area contributed by atoms with Crippen molar-refractivity contribution in [3.63, 3.8) is 0 Å². The molecule has 2 aromatic rings. The van der Waals surface area contributed by atoms with Crippen LogP contribution < -0.4 is 10.9 Å². The number of anilines is 1.